The van der Waals surface area contributed by atoms with E-state index in [4.69, 9.17) is 27.9 Å². The van der Waals surface area contributed by atoms with Gasteiger partial charge in [-0.05, 0) is 48.2 Å². The van der Waals surface area contributed by atoms with Crippen LogP contribution in [0.25, 0.3) is 0 Å². The predicted octanol–water partition coefficient (Wildman–Crippen LogP) is 4.74. The topological polar surface area (TPSA) is 38.3 Å². The Hall–Kier alpha value is -1.71. The number of carbonyl (C=O) groups is 1. The molecule has 1 aliphatic carbocycles. The maximum atomic E-state index is 12.4. The minimum atomic E-state index is -0.0561. The van der Waals surface area contributed by atoms with Crippen molar-refractivity contribution in [3.05, 3.63) is 58.1 Å². The number of hydrogen-bond acceptors (Lipinski definition) is 2. The van der Waals surface area contributed by atoms with Gasteiger partial charge in [-0.1, -0.05) is 35.3 Å². The molecule has 0 saturated heterocycles. The van der Waals surface area contributed by atoms with Gasteiger partial charge < -0.3 is 10.1 Å². The van der Waals surface area contributed by atoms with Crippen molar-refractivity contribution in [1.29, 1.82) is 0 Å². The number of benzene rings is 2. The molecular weight excluding hydrogens is 321 g/mol. The first-order valence-corrected chi connectivity index (χ1v) is 7.74. The minimum Gasteiger partial charge on any atom is -0.495 e. The number of ether oxygens (including phenoxy) is 1. The Kier molecular flexibility index (Phi) is 4.27. The third-order valence-electron chi connectivity index (χ3n) is 3.81. The largest absolute Gasteiger partial charge is 0.495 e. The average molecular weight is 336 g/mol. The van der Waals surface area contributed by atoms with Crippen LogP contribution in [0.2, 0.25) is 10.0 Å². The molecule has 0 aromatic heterocycles. The van der Waals surface area contributed by atoms with Crippen molar-refractivity contribution >= 4 is 34.8 Å². The normalized spacial score (nSPS) is 19.6. The van der Waals surface area contributed by atoms with Gasteiger partial charge >= 0.3 is 0 Å². The molecule has 3 rings (SSSR count). The highest BCUT2D eigenvalue weighted by Crippen LogP contribution is 2.49. The van der Waals surface area contributed by atoms with Gasteiger partial charge in [-0.25, -0.2) is 0 Å². The van der Waals surface area contributed by atoms with Gasteiger partial charge in [-0.2, -0.15) is 0 Å². The van der Waals surface area contributed by atoms with Gasteiger partial charge in [0.2, 0.25) is 5.91 Å². The van der Waals surface area contributed by atoms with Gasteiger partial charge in [0.15, 0.2) is 0 Å². The first kappa shape index (κ1) is 15.2. The molecule has 2 atom stereocenters. The second-order valence-corrected chi connectivity index (χ2v) is 6.21. The molecule has 0 aliphatic heterocycles. The lowest BCUT2D eigenvalue weighted by Gasteiger charge is -2.09. The molecule has 2 aromatic rings. The van der Waals surface area contributed by atoms with E-state index in [9.17, 15) is 4.79 Å². The average Bonchev–Trinajstić information content (AvgIpc) is 3.27. The molecule has 0 heterocycles. The molecule has 0 bridgehead atoms. The molecule has 0 radical (unpaired) electrons. The summed E-state index contributed by atoms with van der Waals surface area (Å²) in [6, 6.07) is 12.8. The molecule has 2 aromatic carbocycles. The van der Waals surface area contributed by atoms with Crippen molar-refractivity contribution in [2.24, 2.45) is 5.92 Å². The summed E-state index contributed by atoms with van der Waals surface area (Å²) in [4.78, 5) is 12.4. The van der Waals surface area contributed by atoms with Crippen LogP contribution in [0.3, 0.4) is 0 Å². The first-order valence-electron chi connectivity index (χ1n) is 6.98. The smallest absolute Gasteiger partial charge is 0.228 e. The Labute approximate surface area is 139 Å². The zero-order valence-corrected chi connectivity index (χ0v) is 13.5. The molecule has 5 heteroatoms. The molecular formula is C17H15Cl2NO2. The van der Waals surface area contributed by atoms with Crippen LogP contribution >= 0.6 is 23.2 Å². The molecule has 1 fully saturated rings. The molecule has 1 saturated carbocycles. The molecule has 22 heavy (non-hydrogen) atoms. The van der Waals surface area contributed by atoms with E-state index in [1.807, 2.05) is 36.4 Å². The number of amides is 1. The van der Waals surface area contributed by atoms with Crippen LogP contribution in [0, 0.1) is 5.92 Å². The number of methoxy groups -OCH3 is 1. The van der Waals surface area contributed by atoms with Gasteiger partial charge in [-0.15, -0.1) is 0 Å². The third-order valence-corrected chi connectivity index (χ3v) is 4.24. The lowest BCUT2D eigenvalue weighted by atomic mass is 10.1. The number of hydrogen-bond donors (Lipinski definition) is 1. The zero-order chi connectivity index (χ0) is 15.7. The summed E-state index contributed by atoms with van der Waals surface area (Å²) in [7, 11) is 1.58. The molecule has 2 unspecified atom stereocenters. The molecule has 3 nitrogen and oxygen atoms in total. The van der Waals surface area contributed by atoms with E-state index in [-0.39, 0.29) is 17.7 Å². The van der Waals surface area contributed by atoms with Crippen LogP contribution in [0.15, 0.2) is 42.5 Å². The van der Waals surface area contributed by atoms with Crippen LogP contribution < -0.4 is 10.1 Å². The van der Waals surface area contributed by atoms with E-state index >= 15 is 0 Å². The summed E-state index contributed by atoms with van der Waals surface area (Å²) in [5.74, 6) is 0.759. The van der Waals surface area contributed by atoms with E-state index in [0.717, 1.165) is 12.0 Å². The number of anilines is 1. The second-order valence-electron chi connectivity index (χ2n) is 5.34. The van der Waals surface area contributed by atoms with Gasteiger partial charge in [-0.3, -0.25) is 4.79 Å². The fraction of sp³-hybridized carbons (Fsp3) is 0.235. The van der Waals surface area contributed by atoms with Crippen LogP contribution in [-0.4, -0.2) is 13.0 Å². The summed E-state index contributed by atoms with van der Waals surface area (Å²) >= 11 is 12.0. The number of para-hydroxylation sites is 2. The molecule has 1 amide bonds. The van der Waals surface area contributed by atoms with Crippen LogP contribution in [0.4, 0.5) is 5.69 Å². The lowest BCUT2D eigenvalue weighted by molar-refractivity contribution is -0.117. The summed E-state index contributed by atoms with van der Waals surface area (Å²) < 4.78 is 5.24. The summed E-state index contributed by atoms with van der Waals surface area (Å²) in [5, 5.41) is 4.11. The van der Waals surface area contributed by atoms with Crippen LogP contribution in [-0.2, 0) is 4.79 Å². The van der Waals surface area contributed by atoms with Crippen molar-refractivity contribution in [2.75, 3.05) is 12.4 Å². The van der Waals surface area contributed by atoms with E-state index in [1.165, 1.54) is 0 Å². The Balaban J connectivity index is 1.70. The molecule has 0 spiro atoms. The number of rotatable bonds is 4. The van der Waals surface area contributed by atoms with Crippen molar-refractivity contribution in [1.82, 2.24) is 0 Å². The minimum absolute atomic E-state index is 0.00871. The fourth-order valence-corrected chi connectivity index (χ4v) is 3.16. The fourth-order valence-electron chi connectivity index (χ4n) is 2.62. The SMILES string of the molecule is COc1ccccc1NC(=O)C1CC1c1cc(Cl)cc(Cl)c1. The predicted molar refractivity (Wildman–Crippen MR) is 88.9 cm³/mol. The van der Waals surface area contributed by atoms with E-state index in [2.05, 4.69) is 5.32 Å². The zero-order valence-electron chi connectivity index (χ0n) is 12.0. The lowest BCUT2D eigenvalue weighted by Crippen LogP contribution is -2.15. The number of halogens is 2. The summed E-state index contributed by atoms with van der Waals surface area (Å²) in [5.41, 5.74) is 1.70. The maximum Gasteiger partial charge on any atom is 0.228 e. The molecule has 114 valence electrons. The Morgan fingerprint density at radius 1 is 1.18 bits per heavy atom. The van der Waals surface area contributed by atoms with Gasteiger partial charge in [0, 0.05) is 16.0 Å². The monoisotopic (exact) mass is 335 g/mol. The highest BCUT2D eigenvalue weighted by Gasteiger charge is 2.44. The Bertz CT molecular complexity index is 697. The standard InChI is InChI=1S/C17H15Cl2NO2/c1-22-16-5-3-2-4-15(16)20-17(21)14-9-13(14)10-6-11(18)8-12(19)7-10/h2-8,13-14H,9H2,1H3,(H,20,21). The number of carbonyl (C=O) groups excluding carboxylic acids is 1. The van der Waals surface area contributed by atoms with Crippen molar-refractivity contribution in [3.63, 3.8) is 0 Å². The van der Waals surface area contributed by atoms with E-state index < -0.39 is 0 Å². The van der Waals surface area contributed by atoms with Crippen LogP contribution in [0.5, 0.6) is 5.75 Å². The van der Waals surface area contributed by atoms with Gasteiger partial charge in [0.05, 0.1) is 12.8 Å². The number of nitrogens with one attached hydrogen (secondary N) is 1. The quantitative estimate of drug-likeness (QED) is 0.875. The van der Waals surface area contributed by atoms with Gasteiger partial charge in [0.25, 0.3) is 0 Å². The second kappa shape index (κ2) is 6.19. The Morgan fingerprint density at radius 3 is 2.55 bits per heavy atom. The van der Waals surface area contributed by atoms with E-state index in [1.54, 1.807) is 13.2 Å². The maximum absolute atomic E-state index is 12.4. The highest BCUT2D eigenvalue weighted by molar-refractivity contribution is 6.34. The van der Waals surface area contributed by atoms with E-state index in [0.29, 0.717) is 21.5 Å². The van der Waals surface area contributed by atoms with Crippen molar-refractivity contribution in [3.8, 4) is 5.75 Å². The van der Waals surface area contributed by atoms with Crippen molar-refractivity contribution < 1.29 is 9.53 Å². The van der Waals surface area contributed by atoms with Crippen molar-refractivity contribution in [2.45, 2.75) is 12.3 Å². The first-order chi connectivity index (χ1) is 10.6. The summed E-state index contributed by atoms with van der Waals surface area (Å²) in [6.45, 7) is 0. The van der Waals surface area contributed by atoms with Gasteiger partial charge in [0.1, 0.15) is 5.75 Å². The molecule has 1 aliphatic rings. The highest BCUT2D eigenvalue weighted by atomic mass is 35.5. The molecule has 1 N–H and O–H groups in total. The summed E-state index contributed by atoms with van der Waals surface area (Å²) in [6.07, 6.45) is 0.803. The third kappa shape index (κ3) is 3.21. The Morgan fingerprint density at radius 2 is 1.86 bits per heavy atom. The van der Waals surface area contributed by atoms with Crippen LogP contribution in [0.1, 0.15) is 17.9 Å².